The lowest BCUT2D eigenvalue weighted by molar-refractivity contribution is 0.378. The molecule has 0 amide bonds. The molecule has 5 nitrogen and oxygen atoms in total. The number of guanidine groups is 1. The number of rotatable bonds is 5. The topological polar surface area (TPSA) is 86.0 Å². The Bertz CT molecular complexity index is 149. The van der Waals surface area contributed by atoms with E-state index in [2.05, 4.69) is 36.9 Å². The highest BCUT2D eigenvalue weighted by Crippen LogP contribution is 2.09. The smallest absolute Gasteiger partial charge is 0.200 e. The molecule has 0 atom stereocenters. The second-order valence-corrected chi connectivity index (χ2v) is 4.20. The van der Waals surface area contributed by atoms with Gasteiger partial charge in [0, 0.05) is 19.6 Å². The third-order valence-electron chi connectivity index (χ3n) is 1.31. The minimum atomic E-state index is -0.0594. The summed E-state index contributed by atoms with van der Waals surface area (Å²) in [7, 11) is 0. The zero-order chi connectivity index (χ0) is 10.3. The summed E-state index contributed by atoms with van der Waals surface area (Å²) >= 11 is 0. The molecule has 78 valence electrons. The fourth-order valence-electron chi connectivity index (χ4n) is 0.772. The Labute approximate surface area is 79.9 Å². The van der Waals surface area contributed by atoms with Gasteiger partial charge in [0.2, 0.25) is 0 Å². The molecule has 0 spiro atoms. The van der Waals surface area contributed by atoms with Crippen molar-refractivity contribution in [2.24, 2.45) is 11.1 Å². The van der Waals surface area contributed by atoms with Crippen LogP contribution < -0.4 is 21.9 Å². The highest BCUT2D eigenvalue weighted by Gasteiger charge is 2.07. The van der Waals surface area contributed by atoms with Gasteiger partial charge >= 0.3 is 0 Å². The molecule has 0 aromatic heterocycles. The van der Waals surface area contributed by atoms with Gasteiger partial charge in [0.1, 0.15) is 0 Å². The molecule has 0 radical (unpaired) electrons. The van der Waals surface area contributed by atoms with Gasteiger partial charge in [-0.2, -0.15) is 0 Å². The fourth-order valence-corrected chi connectivity index (χ4v) is 0.772. The molecule has 0 rings (SSSR count). The molecule has 0 fully saturated rings. The molecular weight excluding hydrogens is 166 g/mol. The molecule has 0 aliphatic heterocycles. The van der Waals surface area contributed by atoms with Crippen molar-refractivity contribution in [2.75, 3.05) is 19.6 Å². The van der Waals surface area contributed by atoms with Crippen LogP contribution in [0.5, 0.6) is 0 Å². The summed E-state index contributed by atoms with van der Waals surface area (Å²) in [6, 6.07) is 0. The van der Waals surface area contributed by atoms with Gasteiger partial charge in [-0.1, -0.05) is 20.8 Å². The standard InChI is InChI=1S/C8H21N5/c1-8(2,3)6-11-4-5-12-13-7(9)10/h11-12H,4-6H2,1-3H3,(H4,9,10,13). The first-order chi connectivity index (χ1) is 5.92. The lowest BCUT2D eigenvalue weighted by Gasteiger charge is -2.18. The van der Waals surface area contributed by atoms with Crippen molar-refractivity contribution in [1.29, 1.82) is 5.41 Å². The van der Waals surface area contributed by atoms with Crippen molar-refractivity contribution in [3.8, 4) is 0 Å². The molecule has 6 N–H and O–H groups in total. The lowest BCUT2D eigenvalue weighted by atomic mass is 9.97. The van der Waals surface area contributed by atoms with Gasteiger partial charge in [0.05, 0.1) is 0 Å². The van der Waals surface area contributed by atoms with Crippen LogP contribution in [0, 0.1) is 10.8 Å². The summed E-state index contributed by atoms with van der Waals surface area (Å²) in [4.78, 5) is 0. The van der Waals surface area contributed by atoms with Crippen LogP contribution in [-0.4, -0.2) is 25.6 Å². The Hall–Kier alpha value is -0.810. The Balaban J connectivity index is 3.13. The summed E-state index contributed by atoms with van der Waals surface area (Å²) in [6.07, 6.45) is 0. The van der Waals surface area contributed by atoms with Gasteiger partial charge < -0.3 is 11.1 Å². The normalized spacial score (nSPS) is 11.3. The van der Waals surface area contributed by atoms with Gasteiger partial charge in [-0.05, 0) is 5.41 Å². The minimum absolute atomic E-state index is 0.0594. The SMILES string of the molecule is CC(C)(C)CNCCNNC(=N)N. The van der Waals surface area contributed by atoms with Crippen LogP contribution in [0.2, 0.25) is 0 Å². The van der Waals surface area contributed by atoms with Crippen molar-refractivity contribution in [1.82, 2.24) is 16.2 Å². The zero-order valence-corrected chi connectivity index (χ0v) is 8.70. The molecule has 0 saturated carbocycles. The van der Waals surface area contributed by atoms with E-state index >= 15 is 0 Å². The average Bonchev–Trinajstić information content (AvgIpc) is 1.93. The molecule has 0 heterocycles. The quantitative estimate of drug-likeness (QED) is 0.176. The van der Waals surface area contributed by atoms with E-state index < -0.39 is 0 Å². The molecular formula is C8H21N5. The number of hydrogen-bond donors (Lipinski definition) is 5. The van der Waals surface area contributed by atoms with Gasteiger partial charge in [-0.25, -0.2) is 5.43 Å². The van der Waals surface area contributed by atoms with Crippen LogP contribution >= 0.6 is 0 Å². The van der Waals surface area contributed by atoms with Crippen molar-refractivity contribution in [3.05, 3.63) is 0 Å². The van der Waals surface area contributed by atoms with Crippen molar-refractivity contribution in [3.63, 3.8) is 0 Å². The highest BCUT2D eigenvalue weighted by molar-refractivity contribution is 5.73. The molecule has 0 unspecified atom stereocenters. The van der Waals surface area contributed by atoms with Crippen LogP contribution in [0.25, 0.3) is 0 Å². The maximum atomic E-state index is 6.86. The summed E-state index contributed by atoms with van der Waals surface area (Å²) < 4.78 is 0. The molecule has 0 aliphatic carbocycles. The van der Waals surface area contributed by atoms with Gasteiger partial charge in [-0.3, -0.25) is 10.8 Å². The van der Waals surface area contributed by atoms with Crippen molar-refractivity contribution < 1.29 is 0 Å². The second kappa shape index (κ2) is 5.77. The van der Waals surface area contributed by atoms with E-state index in [1.54, 1.807) is 0 Å². The second-order valence-electron chi connectivity index (χ2n) is 4.20. The average molecular weight is 187 g/mol. The molecule has 0 saturated heterocycles. The monoisotopic (exact) mass is 187 g/mol. The van der Waals surface area contributed by atoms with Crippen molar-refractivity contribution >= 4 is 5.96 Å². The minimum Gasteiger partial charge on any atom is -0.369 e. The number of nitrogens with two attached hydrogens (primary N) is 1. The van der Waals surface area contributed by atoms with E-state index in [1.807, 2.05) is 0 Å². The van der Waals surface area contributed by atoms with Crippen LogP contribution in [0.15, 0.2) is 0 Å². The van der Waals surface area contributed by atoms with E-state index in [-0.39, 0.29) is 5.96 Å². The first-order valence-electron chi connectivity index (χ1n) is 4.45. The summed E-state index contributed by atoms with van der Waals surface area (Å²) in [5.41, 5.74) is 10.7. The third-order valence-corrected chi connectivity index (χ3v) is 1.31. The number of nitrogens with one attached hydrogen (secondary N) is 4. The van der Waals surface area contributed by atoms with Gasteiger partial charge in [0.15, 0.2) is 5.96 Å². The summed E-state index contributed by atoms with van der Waals surface area (Å²) in [5.74, 6) is -0.0594. The fraction of sp³-hybridized carbons (Fsp3) is 0.875. The zero-order valence-electron chi connectivity index (χ0n) is 8.70. The van der Waals surface area contributed by atoms with Crippen molar-refractivity contribution in [2.45, 2.75) is 20.8 Å². The van der Waals surface area contributed by atoms with E-state index in [0.717, 1.165) is 19.6 Å². The van der Waals surface area contributed by atoms with E-state index in [1.165, 1.54) is 0 Å². The van der Waals surface area contributed by atoms with Gasteiger partial charge in [0.25, 0.3) is 0 Å². The van der Waals surface area contributed by atoms with E-state index in [0.29, 0.717) is 5.41 Å². The summed E-state index contributed by atoms with van der Waals surface area (Å²) in [6.45, 7) is 9.13. The maximum absolute atomic E-state index is 6.86. The first-order valence-corrected chi connectivity index (χ1v) is 4.45. The largest absolute Gasteiger partial charge is 0.369 e. The highest BCUT2D eigenvalue weighted by atomic mass is 15.4. The number of hydrogen-bond acceptors (Lipinski definition) is 3. The summed E-state index contributed by atoms with van der Waals surface area (Å²) in [5, 5.41) is 10.1. The molecule has 13 heavy (non-hydrogen) atoms. The molecule has 0 aromatic carbocycles. The van der Waals surface area contributed by atoms with Gasteiger partial charge in [-0.15, -0.1) is 0 Å². The van der Waals surface area contributed by atoms with Crippen LogP contribution in [0.4, 0.5) is 0 Å². The predicted molar refractivity (Wildman–Crippen MR) is 55.4 cm³/mol. The molecule has 0 aromatic rings. The first kappa shape index (κ1) is 12.2. The predicted octanol–water partition coefficient (Wildman–Crippen LogP) is -0.390. The molecule has 0 aliphatic rings. The van der Waals surface area contributed by atoms with Crippen LogP contribution in [0.3, 0.4) is 0 Å². The Kier molecular flexibility index (Phi) is 5.41. The third kappa shape index (κ3) is 11.2. The maximum Gasteiger partial charge on any atom is 0.200 e. The Morgan fingerprint density at radius 2 is 1.92 bits per heavy atom. The Morgan fingerprint density at radius 3 is 2.38 bits per heavy atom. The van der Waals surface area contributed by atoms with Crippen LogP contribution in [0.1, 0.15) is 20.8 Å². The van der Waals surface area contributed by atoms with E-state index in [4.69, 9.17) is 11.1 Å². The van der Waals surface area contributed by atoms with E-state index in [9.17, 15) is 0 Å². The van der Waals surface area contributed by atoms with Crippen LogP contribution in [-0.2, 0) is 0 Å². The molecule has 5 heteroatoms. The lowest BCUT2D eigenvalue weighted by Crippen LogP contribution is -2.44. The molecule has 0 bridgehead atoms. The number of hydrazine groups is 1. The Morgan fingerprint density at radius 1 is 1.31 bits per heavy atom.